The quantitative estimate of drug-likeness (QED) is 0.128. The number of hydrogen-bond donors (Lipinski definition) is 0. The van der Waals surface area contributed by atoms with Crippen LogP contribution in [-0.2, 0) is 0 Å². The molecule has 100 heavy (non-hydrogen) atoms. The molecule has 4 nitrogen and oxygen atoms in total. The van der Waals surface area contributed by atoms with Crippen LogP contribution in [0.2, 0.25) is 0 Å². The predicted octanol–water partition coefficient (Wildman–Crippen LogP) is 25.9. The van der Waals surface area contributed by atoms with Crippen molar-refractivity contribution in [2.24, 2.45) is 0 Å². The van der Waals surface area contributed by atoms with Crippen LogP contribution in [0.5, 0.6) is 0 Å². The molecular formula is C96H60N4. The molecule has 0 amide bonds. The molecular weight excluding hydrogens is 1210 g/mol. The molecule has 0 aliphatic heterocycles. The van der Waals surface area contributed by atoms with Crippen LogP contribution in [0.25, 0.3) is 198 Å². The minimum Gasteiger partial charge on any atom is -0.309 e. The highest BCUT2D eigenvalue weighted by Crippen LogP contribution is 2.45. The third-order valence-electron chi connectivity index (χ3n) is 21.3. The summed E-state index contributed by atoms with van der Waals surface area (Å²) < 4.78 is 9.74. The van der Waals surface area contributed by atoms with E-state index in [0.717, 1.165) is 39.4 Å². The Labute approximate surface area is 576 Å². The van der Waals surface area contributed by atoms with E-state index in [1.807, 2.05) is 0 Å². The Morgan fingerprint density at radius 1 is 0.110 bits per heavy atom. The van der Waals surface area contributed by atoms with Crippen LogP contribution in [0.4, 0.5) is 0 Å². The number of nitrogens with zero attached hydrogens (tertiary/aromatic N) is 4. The highest BCUT2D eigenvalue weighted by atomic mass is 15.0. The van der Waals surface area contributed by atoms with Crippen LogP contribution in [0.1, 0.15) is 0 Å². The lowest BCUT2D eigenvalue weighted by Gasteiger charge is -2.16. The maximum Gasteiger partial charge on any atom is 0.0547 e. The van der Waals surface area contributed by atoms with Crippen LogP contribution >= 0.6 is 0 Å². The Kier molecular flexibility index (Phi) is 12.4. The Morgan fingerprint density at radius 2 is 0.390 bits per heavy atom. The van der Waals surface area contributed by atoms with Crippen molar-refractivity contribution in [2.75, 3.05) is 0 Å². The van der Waals surface area contributed by atoms with Gasteiger partial charge >= 0.3 is 0 Å². The minimum absolute atomic E-state index is 1.11. The van der Waals surface area contributed by atoms with Gasteiger partial charge in [-0.15, -0.1) is 0 Å². The van der Waals surface area contributed by atoms with Crippen molar-refractivity contribution in [2.45, 2.75) is 0 Å². The molecule has 17 aromatic carbocycles. The largest absolute Gasteiger partial charge is 0.309 e. The number of hydrogen-bond acceptors (Lipinski definition) is 0. The molecule has 464 valence electrons. The van der Waals surface area contributed by atoms with E-state index in [9.17, 15) is 0 Å². The molecule has 4 heteroatoms. The summed E-state index contributed by atoms with van der Waals surface area (Å²) in [5, 5.41) is 17.3. The summed E-state index contributed by atoms with van der Waals surface area (Å²) in [6.07, 6.45) is 0. The first-order valence-corrected chi connectivity index (χ1v) is 34.5. The Hall–Kier alpha value is -13.3. The first-order valence-electron chi connectivity index (χ1n) is 34.5. The minimum atomic E-state index is 1.11. The molecule has 0 atom stereocenters. The standard InChI is InChI=1S/C96H60N4/c1-4-20-61(21-5-1)69-52-70(54-74(53-69)100-90-33-17-13-29-80(90)84-48-42-68(59-96(84)100)66-44-51-94-88(57-66)82-31-15-19-35-92(82)98(94)72-24-8-3-9-25-72)63-38-36-62(37-39-63)64-40-46-78-85(55-64)76-27-11-10-26-75(76)77-49-45-73(60-86(77)78)99-89-32-16-12-28-79(89)83-47-41-67(58-95(83)99)65-43-50-93-87(56-65)81-30-14-18-34-91(81)97(93)71-22-6-2-7-23-71/h1-60H. The molecule has 0 unspecified atom stereocenters. The second kappa shape index (κ2) is 22.1. The summed E-state index contributed by atoms with van der Waals surface area (Å²) in [5.74, 6) is 0. The maximum absolute atomic E-state index is 2.48. The van der Waals surface area contributed by atoms with Gasteiger partial charge in [-0.3, -0.25) is 0 Å². The number of fused-ring (bicyclic) bond motifs is 18. The van der Waals surface area contributed by atoms with Gasteiger partial charge in [0.05, 0.1) is 44.1 Å². The summed E-state index contributed by atoms with van der Waals surface area (Å²) in [5.41, 5.74) is 25.8. The highest BCUT2D eigenvalue weighted by Gasteiger charge is 2.22. The van der Waals surface area contributed by atoms with Crippen LogP contribution in [0.3, 0.4) is 0 Å². The average Bonchev–Trinajstić information content (AvgIpc) is 1.44. The summed E-state index contributed by atoms with van der Waals surface area (Å²) in [6, 6.07) is 135. The van der Waals surface area contributed by atoms with Crippen molar-refractivity contribution in [3.05, 3.63) is 364 Å². The maximum atomic E-state index is 2.48. The molecule has 21 aromatic rings. The van der Waals surface area contributed by atoms with E-state index in [2.05, 4.69) is 382 Å². The van der Waals surface area contributed by atoms with Crippen LogP contribution in [0.15, 0.2) is 364 Å². The third-order valence-corrected chi connectivity index (χ3v) is 21.3. The fourth-order valence-corrected chi connectivity index (χ4v) is 16.7. The topological polar surface area (TPSA) is 19.7 Å². The van der Waals surface area contributed by atoms with E-state index < -0.39 is 0 Å². The van der Waals surface area contributed by atoms with Crippen LogP contribution in [-0.4, -0.2) is 18.3 Å². The fourth-order valence-electron chi connectivity index (χ4n) is 16.7. The third kappa shape index (κ3) is 8.67. The SMILES string of the molecule is c1ccc(-c2cc(-c3ccc(-c4ccc5c(c4)c4ccccc4c4ccc(-n6c7ccccc7c7ccc(-c8ccc9c(c8)c8ccccc8n9-c8ccccc8)cc76)cc45)cc3)cc(-n3c4ccccc4c4ccc(-c5ccc6c(c5)c5ccccc5n6-c5ccccc5)cc43)c2)cc1. The molecule has 0 aliphatic carbocycles. The lowest BCUT2D eigenvalue weighted by Crippen LogP contribution is -1.96. The summed E-state index contributed by atoms with van der Waals surface area (Å²) in [6.45, 7) is 0. The van der Waals surface area contributed by atoms with Gasteiger partial charge in [0, 0.05) is 65.8 Å². The van der Waals surface area contributed by atoms with Crippen molar-refractivity contribution in [1.82, 2.24) is 18.3 Å². The van der Waals surface area contributed by atoms with Crippen molar-refractivity contribution >= 4 is 120 Å². The van der Waals surface area contributed by atoms with Crippen molar-refractivity contribution in [1.29, 1.82) is 0 Å². The van der Waals surface area contributed by atoms with Crippen molar-refractivity contribution < 1.29 is 0 Å². The van der Waals surface area contributed by atoms with Crippen molar-refractivity contribution in [3.63, 3.8) is 0 Å². The van der Waals surface area contributed by atoms with E-state index in [1.165, 1.54) is 158 Å². The summed E-state index contributed by atoms with van der Waals surface area (Å²) in [4.78, 5) is 0. The van der Waals surface area contributed by atoms with Gasteiger partial charge < -0.3 is 18.3 Å². The fraction of sp³-hybridized carbons (Fsp3) is 0. The van der Waals surface area contributed by atoms with Gasteiger partial charge in [-0.05, 0) is 209 Å². The lowest BCUT2D eigenvalue weighted by atomic mass is 9.91. The van der Waals surface area contributed by atoms with Gasteiger partial charge in [0.1, 0.15) is 0 Å². The van der Waals surface area contributed by atoms with E-state index in [0.29, 0.717) is 0 Å². The van der Waals surface area contributed by atoms with Crippen LogP contribution in [0, 0.1) is 0 Å². The molecule has 0 aliphatic rings. The number of rotatable bonds is 9. The Morgan fingerprint density at radius 3 is 0.890 bits per heavy atom. The summed E-state index contributed by atoms with van der Waals surface area (Å²) in [7, 11) is 0. The van der Waals surface area contributed by atoms with E-state index in [1.54, 1.807) is 0 Å². The highest BCUT2D eigenvalue weighted by molar-refractivity contribution is 6.26. The van der Waals surface area contributed by atoms with E-state index in [-0.39, 0.29) is 0 Å². The zero-order valence-corrected chi connectivity index (χ0v) is 54.4. The van der Waals surface area contributed by atoms with Gasteiger partial charge in [0.2, 0.25) is 0 Å². The van der Waals surface area contributed by atoms with Gasteiger partial charge in [0.15, 0.2) is 0 Å². The molecule has 0 fully saturated rings. The van der Waals surface area contributed by atoms with E-state index >= 15 is 0 Å². The normalized spacial score (nSPS) is 12.0. The Bertz CT molecular complexity index is 6920. The predicted molar refractivity (Wildman–Crippen MR) is 423 cm³/mol. The molecule has 0 radical (unpaired) electrons. The average molecular weight is 1270 g/mol. The van der Waals surface area contributed by atoms with Gasteiger partial charge in [-0.2, -0.15) is 0 Å². The van der Waals surface area contributed by atoms with Crippen molar-refractivity contribution in [3.8, 4) is 78.4 Å². The summed E-state index contributed by atoms with van der Waals surface area (Å²) >= 11 is 0. The molecule has 0 saturated carbocycles. The second-order valence-electron chi connectivity index (χ2n) is 26.8. The second-order valence-corrected chi connectivity index (χ2v) is 26.8. The number of aromatic nitrogens is 4. The molecule has 21 rings (SSSR count). The zero-order chi connectivity index (χ0) is 65.5. The molecule has 0 saturated heterocycles. The smallest absolute Gasteiger partial charge is 0.0547 e. The van der Waals surface area contributed by atoms with Gasteiger partial charge in [-0.25, -0.2) is 0 Å². The molecule has 0 spiro atoms. The monoisotopic (exact) mass is 1270 g/mol. The number of benzene rings is 17. The Balaban J connectivity index is 0.663. The zero-order valence-electron chi connectivity index (χ0n) is 54.4. The van der Waals surface area contributed by atoms with Gasteiger partial charge in [-0.1, -0.05) is 243 Å². The molecule has 0 bridgehead atoms. The van der Waals surface area contributed by atoms with Crippen LogP contribution < -0.4 is 0 Å². The first kappa shape index (κ1) is 55.9. The van der Waals surface area contributed by atoms with Gasteiger partial charge in [0.25, 0.3) is 0 Å². The first-order chi connectivity index (χ1) is 49.6. The molecule has 4 aromatic heterocycles. The lowest BCUT2D eigenvalue weighted by molar-refractivity contribution is 1.18. The molecule has 4 heterocycles. The molecule has 0 N–H and O–H groups in total. The van der Waals surface area contributed by atoms with E-state index in [4.69, 9.17) is 0 Å². The number of para-hydroxylation sites is 6.